The molecule has 0 radical (unpaired) electrons. The number of hydrogen-bond acceptors (Lipinski definition) is 3. The van der Waals surface area contributed by atoms with Gasteiger partial charge in [0.05, 0.1) is 0 Å². The van der Waals surface area contributed by atoms with Gasteiger partial charge in [-0.15, -0.1) is 0 Å². The molecule has 2 fully saturated rings. The number of hydrogen-bond donors (Lipinski definition) is 2. The van der Waals surface area contributed by atoms with Gasteiger partial charge in [-0.05, 0) is 38.1 Å². The van der Waals surface area contributed by atoms with Crippen molar-refractivity contribution in [1.29, 1.82) is 0 Å². The average molecular weight is 295 g/mol. The maximum atomic E-state index is 12.5. The largest absolute Gasteiger partial charge is 0.344 e. The van der Waals surface area contributed by atoms with Gasteiger partial charge in [-0.1, -0.05) is 20.8 Å². The van der Waals surface area contributed by atoms with E-state index in [0.717, 1.165) is 39.0 Å². The van der Waals surface area contributed by atoms with Crippen LogP contribution in [-0.4, -0.2) is 48.9 Å². The SMILES string of the molecule is CC(NC(=O)C(C)(C)C)C(=O)N1CCC2(CCNC2)CC1. The van der Waals surface area contributed by atoms with Crippen molar-refractivity contribution in [3.05, 3.63) is 0 Å². The molecule has 2 rings (SSSR count). The van der Waals surface area contributed by atoms with Gasteiger partial charge in [-0.3, -0.25) is 9.59 Å². The van der Waals surface area contributed by atoms with Gasteiger partial charge in [0.15, 0.2) is 0 Å². The van der Waals surface area contributed by atoms with Crippen LogP contribution < -0.4 is 10.6 Å². The summed E-state index contributed by atoms with van der Waals surface area (Å²) in [6.07, 6.45) is 3.38. The molecular formula is C16H29N3O2. The minimum absolute atomic E-state index is 0.0495. The third-order valence-electron chi connectivity index (χ3n) is 4.87. The van der Waals surface area contributed by atoms with E-state index < -0.39 is 11.5 Å². The van der Waals surface area contributed by atoms with Gasteiger partial charge in [0, 0.05) is 25.0 Å². The summed E-state index contributed by atoms with van der Waals surface area (Å²) in [6.45, 7) is 11.2. The van der Waals surface area contributed by atoms with Crippen molar-refractivity contribution in [3.63, 3.8) is 0 Å². The van der Waals surface area contributed by atoms with Crippen LogP contribution in [0.15, 0.2) is 0 Å². The lowest BCUT2D eigenvalue weighted by atomic mass is 9.78. The number of nitrogens with one attached hydrogen (secondary N) is 2. The molecule has 1 unspecified atom stereocenters. The summed E-state index contributed by atoms with van der Waals surface area (Å²) in [6, 6.07) is -0.438. The summed E-state index contributed by atoms with van der Waals surface area (Å²) in [4.78, 5) is 26.3. The molecule has 5 nitrogen and oxygen atoms in total. The van der Waals surface area contributed by atoms with Gasteiger partial charge in [0.1, 0.15) is 6.04 Å². The van der Waals surface area contributed by atoms with Gasteiger partial charge in [0.25, 0.3) is 0 Å². The first kappa shape index (κ1) is 16.3. The molecule has 2 N–H and O–H groups in total. The van der Waals surface area contributed by atoms with Crippen molar-refractivity contribution in [3.8, 4) is 0 Å². The fourth-order valence-corrected chi connectivity index (χ4v) is 3.17. The first-order valence-electron chi connectivity index (χ1n) is 8.04. The Bertz CT molecular complexity index is 398. The third kappa shape index (κ3) is 3.76. The molecule has 5 heteroatoms. The van der Waals surface area contributed by atoms with Gasteiger partial charge in [-0.25, -0.2) is 0 Å². The zero-order chi connectivity index (χ0) is 15.7. The average Bonchev–Trinajstić information content (AvgIpc) is 2.86. The first-order chi connectivity index (χ1) is 9.73. The van der Waals surface area contributed by atoms with Crippen LogP contribution in [0.3, 0.4) is 0 Å². The number of carbonyl (C=O) groups is 2. The molecule has 120 valence electrons. The number of likely N-dealkylation sites (tertiary alicyclic amines) is 1. The molecule has 1 atom stereocenters. The first-order valence-corrected chi connectivity index (χ1v) is 8.04. The quantitative estimate of drug-likeness (QED) is 0.803. The smallest absolute Gasteiger partial charge is 0.244 e. The van der Waals surface area contributed by atoms with Gasteiger partial charge < -0.3 is 15.5 Å². The Morgan fingerprint density at radius 1 is 1.19 bits per heavy atom. The van der Waals surface area contributed by atoms with E-state index in [9.17, 15) is 9.59 Å². The minimum atomic E-state index is -0.462. The van der Waals surface area contributed by atoms with Crippen molar-refractivity contribution in [1.82, 2.24) is 15.5 Å². The molecule has 21 heavy (non-hydrogen) atoms. The van der Waals surface area contributed by atoms with E-state index in [0.29, 0.717) is 5.41 Å². The molecule has 0 aromatic rings. The molecular weight excluding hydrogens is 266 g/mol. The molecule has 1 spiro atoms. The predicted molar refractivity (Wildman–Crippen MR) is 82.8 cm³/mol. The van der Waals surface area contributed by atoms with Crippen LogP contribution in [0.4, 0.5) is 0 Å². The van der Waals surface area contributed by atoms with Crippen molar-refractivity contribution in [2.45, 2.75) is 53.0 Å². The van der Waals surface area contributed by atoms with Crippen LogP contribution in [-0.2, 0) is 9.59 Å². The highest BCUT2D eigenvalue weighted by Crippen LogP contribution is 2.36. The van der Waals surface area contributed by atoms with Crippen LogP contribution >= 0.6 is 0 Å². The molecule has 0 bridgehead atoms. The van der Waals surface area contributed by atoms with Crippen molar-refractivity contribution >= 4 is 11.8 Å². The van der Waals surface area contributed by atoms with Crippen LogP contribution in [0, 0.1) is 10.8 Å². The second-order valence-electron chi connectivity index (χ2n) is 7.70. The highest BCUT2D eigenvalue weighted by atomic mass is 16.2. The van der Waals surface area contributed by atoms with E-state index in [-0.39, 0.29) is 11.8 Å². The summed E-state index contributed by atoms with van der Waals surface area (Å²) in [5.74, 6) is -0.0229. The van der Waals surface area contributed by atoms with E-state index >= 15 is 0 Å². The molecule has 0 aliphatic carbocycles. The van der Waals surface area contributed by atoms with E-state index in [1.165, 1.54) is 6.42 Å². The maximum absolute atomic E-state index is 12.5. The summed E-state index contributed by atoms with van der Waals surface area (Å²) >= 11 is 0. The standard InChI is InChI=1S/C16H29N3O2/c1-12(18-14(21)15(2,3)4)13(20)19-9-6-16(7-10-19)5-8-17-11-16/h12,17H,5-11H2,1-4H3,(H,18,21). The highest BCUT2D eigenvalue weighted by molar-refractivity contribution is 5.89. The predicted octanol–water partition coefficient (Wildman–Crippen LogP) is 1.14. The van der Waals surface area contributed by atoms with Crippen molar-refractivity contribution < 1.29 is 9.59 Å². The Balaban J connectivity index is 1.85. The number of piperidine rings is 1. The number of nitrogens with zero attached hydrogens (tertiary/aromatic N) is 1. The number of carbonyl (C=O) groups excluding carboxylic acids is 2. The van der Waals surface area contributed by atoms with E-state index in [1.807, 2.05) is 25.7 Å². The molecule has 0 aromatic carbocycles. The maximum Gasteiger partial charge on any atom is 0.244 e. The second kappa shape index (κ2) is 5.95. The normalized spacial score (nSPS) is 23.1. The lowest BCUT2D eigenvalue weighted by Gasteiger charge is -2.40. The molecule has 0 saturated carbocycles. The lowest BCUT2D eigenvalue weighted by molar-refractivity contribution is -0.139. The van der Waals surface area contributed by atoms with Crippen molar-refractivity contribution in [2.75, 3.05) is 26.2 Å². The molecule has 2 aliphatic heterocycles. The van der Waals surface area contributed by atoms with Crippen LogP contribution in [0.1, 0.15) is 47.0 Å². The summed E-state index contributed by atoms with van der Waals surface area (Å²) in [5, 5.41) is 6.27. The Hall–Kier alpha value is -1.10. The Morgan fingerprint density at radius 2 is 1.81 bits per heavy atom. The highest BCUT2D eigenvalue weighted by Gasteiger charge is 2.39. The Labute approximate surface area is 127 Å². The van der Waals surface area contributed by atoms with Crippen LogP contribution in [0.25, 0.3) is 0 Å². The van der Waals surface area contributed by atoms with Crippen molar-refractivity contribution in [2.24, 2.45) is 10.8 Å². The second-order valence-corrected chi connectivity index (χ2v) is 7.70. The van der Waals surface area contributed by atoms with Crippen LogP contribution in [0.2, 0.25) is 0 Å². The minimum Gasteiger partial charge on any atom is -0.344 e. The lowest BCUT2D eigenvalue weighted by Crippen LogP contribution is -2.52. The Morgan fingerprint density at radius 3 is 2.29 bits per heavy atom. The monoisotopic (exact) mass is 295 g/mol. The molecule has 2 amide bonds. The third-order valence-corrected chi connectivity index (χ3v) is 4.87. The number of rotatable bonds is 2. The van der Waals surface area contributed by atoms with E-state index in [2.05, 4.69) is 10.6 Å². The fourth-order valence-electron chi connectivity index (χ4n) is 3.17. The van der Waals surface area contributed by atoms with Gasteiger partial charge >= 0.3 is 0 Å². The molecule has 2 aliphatic rings. The van der Waals surface area contributed by atoms with Gasteiger partial charge in [-0.2, -0.15) is 0 Å². The molecule has 2 saturated heterocycles. The topological polar surface area (TPSA) is 61.4 Å². The molecule has 0 aromatic heterocycles. The summed E-state index contributed by atoms with van der Waals surface area (Å²) < 4.78 is 0. The summed E-state index contributed by atoms with van der Waals surface area (Å²) in [5.41, 5.74) is -0.0509. The van der Waals surface area contributed by atoms with Crippen LogP contribution in [0.5, 0.6) is 0 Å². The van der Waals surface area contributed by atoms with E-state index in [1.54, 1.807) is 6.92 Å². The zero-order valence-electron chi connectivity index (χ0n) is 13.8. The Kier molecular flexibility index (Phi) is 4.61. The van der Waals surface area contributed by atoms with Gasteiger partial charge in [0.2, 0.25) is 11.8 Å². The zero-order valence-corrected chi connectivity index (χ0v) is 13.8. The number of amides is 2. The fraction of sp³-hybridized carbons (Fsp3) is 0.875. The summed E-state index contributed by atoms with van der Waals surface area (Å²) in [7, 11) is 0. The van der Waals surface area contributed by atoms with E-state index in [4.69, 9.17) is 0 Å². The molecule has 2 heterocycles.